The number of hydrogen-bond acceptors (Lipinski definition) is 6. The molecule has 0 aliphatic rings. The molecule has 7 aromatic carbocycles. The zero-order valence-electron chi connectivity index (χ0n) is 31.7. The van der Waals surface area contributed by atoms with Gasteiger partial charge < -0.3 is 8.98 Å². The van der Waals surface area contributed by atoms with Crippen molar-refractivity contribution in [1.29, 1.82) is 0 Å². The Bertz CT molecular complexity index is 3990. The van der Waals surface area contributed by atoms with Gasteiger partial charge in [-0.05, 0) is 77.9 Å². The Hall–Kier alpha value is -8.43. The molecule has 0 aliphatic carbocycles. The van der Waals surface area contributed by atoms with Crippen LogP contribution in [0.2, 0.25) is 0 Å². The lowest BCUT2D eigenvalue weighted by Crippen LogP contribution is -2.21. The van der Waals surface area contributed by atoms with Crippen LogP contribution < -0.4 is 5.56 Å². The molecule has 0 saturated carbocycles. The van der Waals surface area contributed by atoms with E-state index in [9.17, 15) is 4.79 Å². The van der Waals surface area contributed by atoms with Gasteiger partial charge in [0.25, 0.3) is 5.56 Å². The van der Waals surface area contributed by atoms with Crippen molar-refractivity contribution in [3.63, 3.8) is 0 Å². The first-order valence-electron chi connectivity index (χ1n) is 19.7. The molecule has 0 radical (unpaired) electrons. The van der Waals surface area contributed by atoms with Gasteiger partial charge in [0.15, 0.2) is 5.65 Å². The predicted octanol–water partition coefficient (Wildman–Crippen LogP) is 11.5. The first kappa shape index (κ1) is 32.6. The Morgan fingerprint density at radius 3 is 1.87 bits per heavy atom. The van der Waals surface area contributed by atoms with Crippen LogP contribution in [-0.4, -0.2) is 33.6 Å². The molecule has 0 unspecified atom stereocenters. The molecule has 0 fully saturated rings. The summed E-state index contributed by atoms with van der Waals surface area (Å²) < 4.78 is 12.2. The van der Waals surface area contributed by atoms with Crippen LogP contribution in [0.25, 0.3) is 116 Å². The standard InChI is InChI=1S/C51H29N7O2/c59-50-39-28-53-51(55-48(39)38-27-52-29-54-49(38)58(50)44-18-10-20-46-47(44)35-15-6-9-19-45(35)60-46)57-41-17-8-5-14-34(41)37-26-31(22-24-43(37)57)30-21-23-42-36(25-30)33-13-4-7-16-40(33)56(42)32-11-2-1-3-12-32/h1-29H. The first-order chi connectivity index (χ1) is 29.7. The number of fused-ring (bicyclic) bond motifs is 12. The maximum Gasteiger partial charge on any atom is 0.267 e. The quantitative estimate of drug-likeness (QED) is 0.165. The third-order valence-corrected chi connectivity index (χ3v) is 11.9. The lowest BCUT2D eigenvalue weighted by atomic mass is 10.0. The maximum atomic E-state index is 14.7. The van der Waals surface area contributed by atoms with Crippen molar-refractivity contribution in [3.8, 4) is 28.5 Å². The van der Waals surface area contributed by atoms with Crippen LogP contribution in [0.3, 0.4) is 0 Å². The van der Waals surface area contributed by atoms with Gasteiger partial charge in [0, 0.05) is 45.0 Å². The Morgan fingerprint density at radius 2 is 1.10 bits per heavy atom. The third-order valence-electron chi connectivity index (χ3n) is 11.9. The summed E-state index contributed by atoms with van der Waals surface area (Å²) in [4.78, 5) is 33.8. The van der Waals surface area contributed by atoms with Gasteiger partial charge >= 0.3 is 0 Å². The van der Waals surface area contributed by atoms with Gasteiger partial charge in [0.1, 0.15) is 17.5 Å². The van der Waals surface area contributed by atoms with Crippen molar-refractivity contribution >= 4 is 87.5 Å². The molecular formula is C51H29N7O2. The fourth-order valence-corrected chi connectivity index (χ4v) is 9.27. The van der Waals surface area contributed by atoms with Gasteiger partial charge in [-0.1, -0.05) is 91.0 Å². The Labute approximate surface area is 339 Å². The van der Waals surface area contributed by atoms with Crippen LogP contribution in [0.5, 0.6) is 0 Å². The summed E-state index contributed by atoms with van der Waals surface area (Å²) in [5.74, 6) is 0.446. The second kappa shape index (κ2) is 12.3. The predicted molar refractivity (Wildman–Crippen MR) is 240 cm³/mol. The summed E-state index contributed by atoms with van der Waals surface area (Å²) >= 11 is 0. The number of rotatable bonds is 4. The van der Waals surface area contributed by atoms with E-state index in [1.54, 1.807) is 17.0 Å². The molecule has 13 aromatic rings. The van der Waals surface area contributed by atoms with Gasteiger partial charge in [0.05, 0.1) is 49.4 Å². The van der Waals surface area contributed by atoms with Crippen molar-refractivity contribution in [2.24, 2.45) is 0 Å². The number of furan rings is 1. The highest BCUT2D eigenvalue weighted by molar-refractivity contribution is 6.14. The number of hydrogen-bond donors (Lipinski definition) is 0. The lowest BCUT2D eigenvalue weighted by Gasteiger charge is -2.13. The molecule has 0 amide bonds. The molecule has 9 heteroatoms. The zero-order chi connectivity index (χ0) is 39.5. The number of pyridine rings is 1. The lowest BCUT2D eigenvalue weighted by molar-refractivity contribution is 0.669. The summed E-state index contributed by atoms with van der Waals surface area (Å²) in [6.07, 6.45) is 4.81. The maximum absolute atomic E-state index is 14.7. The minimum atomic E-state index is -0.281. The molecule has 60 heavy (non-hydrogen) atoms. The van der Waals surface area contributed by atoms with E-state index >= 15 is 0 Å². The number of nitrogens with zero attached hydrogens (tertiary/aromatic N) is 7. The highest BCUT2D eigenvalue weighted by Gasteiger charge is 2.22. The van der Waals surface area contributed by atoms with E-state index in [4.69, 9.17) is 14.4 Å². The van der Waals surface area contributed by atoms with E-state index in [1.807, 2.05) is 48.5 Å². The monoisotopic (exact) mass is 771 g/mol. The Balaban J connectivity index is 0.994. The molecule has 0 saturated heterocycles. The topological polar surface area (TPSA) is 96.6 Å². The van der Waals surface area contributed by atoms with Crippen molar-refractivity contribution in [2.45, 2.75) is 0 Å². The molecule has 0 bridgehead atoms. The largest absolute Gasteiger partial charge is 0.456 e. The van der Waals surface area contributed by atoms with Gasteiger partial charge in [-0.3, -0.25) is 13.9 Å². The fraction of sp³-hybridized carbons (Fsp3) is 0. The second-order valence-corrected chi connectivity index (χ2v) is 15.1. The van der Waals surface area contributed by atoms with Crippen molar-refractivity contribution in [2.75, 3.05) is 0 Å². The smallest absolute Gasteiger partial charge is 0.267 e. The van der Waals surface area contributed by atoms with E-state index in [0.717, 1.165) is 60.5 Å². The highest BCUT2D eigenvalue weighted by atomic mass is 16.3. The van der Waals surface area contributed by atoms with Crippen molar-refractivity contribution in [1.82, 2.24) is 33.6 Å². The van der Waals surface area contributed by atoms with Gasteiger partial charge in [0.2, 0.25) is 5.95 Å². The fourth-order valence-electron chi connectivity index (χ4n) is 9.27. The zero-order valence-corrected chi connectivity index (χ0v) is 31.7. The summed E-state index contributed by atoms with van der Waals surface area (Å²) in [6, 6.07) is 54.3. The highest BCUT2D eigenvalue weighted by Crippen LogP contribution is 2.39. The SMILES string of the molecule is O=c1c2cnc(-n3c4ccccc4c4cc(-c5ccc6c(c5)c5ccccc5n6-c5ccccc5)ccc43)nc2c2cncnc2n1-c1cccc2oc3ccccc3c12. The van der Waals surface area contributed by atoms with Crippen LogP contribution in [0.4, 0.5) is 0 Å². The molecule has 0 N–H and O–H groups in total. The Morgan fingerprint density at radius 1 is 0.467 bits per heavy atom. The minimum absolute atomic E-state index is 0.281. The van der Waals surface area contributed by atoms with Crippen LogP contribution in [0.15, 0.2) is 186 Å². The molecule has 6 heterocycles. The molecule has 0 aliphatic heterocycles. The molecule has 280 valence electrons. The summed E-state index contributed by atoms with van der Waals surface area (Å²) in [6.45, 7) is 0. The van der Waals surface area contributed by atoms with E-state index in [-0.39, 0.29) is 5.56 Å². The van der Waals surface area contributed by atoms with Crippen LogP contribution in [0, 0.1) is 0 Å². The summed E-state index contributed by atoms with van der Waals surface area (Å²) in [5.41, 5.74) is 10.3. The molecule has 0 atom stereocenters. The van der Waals surface area contributed by atoms with E-state index < -0.39 is 0 Å². The van der Waals surface area contributed by atoms with Crippen LogP contribution >= 0.6 is 0 Å². The average Bonchev–Trinajstić information content (AvgIpc) is 3.97. The second-order valence-electron chi connectivity index (χ2n) is 15.1. The average molecular weight is 772 g/mol. The van der Waals surface area contributed by atoms with Crippen LogP contribution in [0.1, 0.15) is 0 Å². The molecule has 13 rings (SSSR count). The molecule has 9 nitrogen and oxygen atoms in total. The number of aromatic nitrogens is 7. The molecular weight excluding hydrogens is 743 g/mol. The summed E-state index contributed by atoms with van der Waals surface area (Å²) in [5, 5.41) is 7.28. The summed E-state index contributed by atoms with van der Waals surface area (Å²) in [7, 11) is 0. The Kier molecular flexibility index (Phi) is 6.68. The minimum Gasteiger partial charge on any atom is -0.456 e. The van der Waals surface area contributed by atoms with Gasteiger partial charge in [-0.2, -0.15) is 0 Å². The van der Waals surface area contributed by atoms with E-state index in [2.05, 4.69) is 128 Å². The van der Waals surface area contributed by atoms with Crippen molar-refractivity contribution in [3.05, 3.63) is 187 Å². The molecule has 6 aromatic heterocycles. The third kappa shape index (κ3) is 4.54. The normalized spacial score (nSPS) is 12.1. The van der Waals surface area contributed by atoms with Gasteiger partial charge in [-0.25, -0.2) is 19.9 Å². The van der Waals surface area contributed by atoms with E-state index in [1.165, 1.54) is 22.6 Å². The van der Waals surface area contributed by atoms with Crippen LogP contribution in [-0.2, 0) is 0 Å². The first-order valence-corrected chi connectivity index (χ1v) is 19.7. The number of benzene rings is 7. The molecule has 0 spiro atoms. The van der Waals surface area contributed by atoms with Gasteiger partial charge in [-0.15, -0.1) is 0 Å². The van der Waals surface area contributed by atoms with E-state index in [0.29, 0.717) is 39.2 Å². The number of para-hydroxylation sites is 4. The van der Waals surface area contributed by atoms with Crippen molar-refractivity contribution < 1.29 is 4.42 Å².